The molecule has 3 rings (SSSR count). The summed E-state index contributed by atoms with van der Waals surface area (Å²) in [6, 6.07) is 11.1. The molecule has 29 heavy (non-hydrogen) atoms. The molecular formula is C21H23FN4O3. The van der Waals surface area contributed by atoms with Crippen LogP contribution in [0.3, 0.4) is 0 Å². The van der Waals surface area contributed by atoms with Crippen molar-refractivity contribution in [3.63, 3.8) is 0 Å². The van der Waals surface area contributed by atoms with Gasteiger partial charge < -0.3 is 11.1 Å². The summed E-state index contributed by atoms with van der Waals surface area (Å²) in [5.74, 6) is -1.14. The number of amides is 2. The zero-order chi connectivity index (χ0) is 21.3. The molecule has 8 heteroatoms. The van der Waals surface area contributed by atoms with E-state index in [1.165, 1.54) is 10.6 Å². The summed E-state index contributed by atoms with van der Waals surface area (Å²) in [5, 5.41) is 2.56. The van der Waals surface area contributed by atoms with E-state index >= 15 is 0 Å². The normalized spacial score (nSPS) is 12.7. The SMILES string of the molecule is CC(C)(C)[C@H](NC(=O)n1c(=O)n(Cc2ccccc2F)c2ccccc21)C(N)=O. The second-order valence-corrected chi connectivity index (χ2v) is 7.94. The van der Waals surface area contributed by atoms with Gasteiger partial charge in [0.1, 0.15) is 11.9 Å². The fourth-order valence-electron chi connectivity index (χ4n) is 3.26. The van der Waals surface area contributed by atoms with Crippen molar-refractivity contribution in [3.8, 4) is 0 Å². The third-order valence-corrected chi connectivity index (χ3v) is 4.74. The number of nitrogens with two attached hydrogens (primary N) is 1. The highest BCUT2D eigenvalue weighted by atomic mass is 19.1. The average Bonchev–Trinajstić information content (AvgIpc) is 2.92. The second-order valence-electron chi connectivity index (χ2n) is 7.94. The lowest BCUT2D eigenvalue weighted by atomic mass is 9.86. The van der Waals surface area contributed by atoms with E-state index in [1.54, 1.807) is 63.2 Å². The number of hydrogen-bond donors (Lipinski definition) is 2. The van der Waals surface area contributed by atoms with E-state index < -0.39 is 34.9 Å². The summed E-state index contributed by atoms with van der Waals surface area (Å²) in [4.78, 5) is 37.8. The molecule has 2 amide bonds. The number of halogens is 1. The van der Waals surface area contributed by atoms with Crippen LogP contribution in [0.25, 0.3) is 11.0 Å². The number of carbonyl (C=O) groups excluding carboxylic acids is 2. The fraction of sp³-hybridized carbons (Fsp3) is 0.286. The van der Waals surface area contributed by atoms with Crippen LogP contribution in [-0.2, 0) is 11.3 Å². The topological polar surface area (TPSA) is 99.1 Å². The molecular weight excluding hydrogens is 375 g/mol. The molecule has 0 radical (unpaired) electrons. The molecule has 3 N–H and O–H groups in total. The Morgan fingerprint density at radius 1 is 1.07 bits per heavy atom. The van der Waals surface area contributed by atoms with Gasteiger partial charge in [-0.2, -0.15) is 0 Å². The highest BCUT2D eigenvalue weighted by Gasteiger charge is 2.32. The number of carbonyl (C=O) groups is 2. The molecule has 0 aliphatic rings. The van der Waals surface area contributed by atoms with Crippen molar-refractivity contribution < 1.29 is 14.0 Å². The van der Waals surface area contributed by atoms with Crippen molar-refractivity contribution in [2.75, 3.05) is 0 Å². The summed E-state index contributed by atoms with van der Waals surface area (Å²) in [6.07, 6.45) is 0. The molecule has 1 atom stereocenters. The monoisotopic (exact) mass is 398 g/mol. The molecule has 0 aliphatic carbocycles. The highest BCUT2D eigenvalue weighted by Crippen LogP contribution is 2.20. The first-order valence-corrected chi connectivity index (χ1v) is 9.15. The molecule has 0 saturated heterocycles. The lowest BCUT2D eigenvalue weighted by molar-refractivity contribution is -0.122. The van der Waals surface area contributed by atoms with Gasteiger partial charge in [-0.3, -0.25) is 9.36 Å². The Morgan fingerprint density at radius 2 is 1.66 bits per heavy atom. The van der Waals surface area contributed by atoms with Gasteiger partial charge in [0.05, 0.1) is 17.6 Å². The van der Waals surface area contributed by atoms with Crippen molar-refractivity contribution >= 4 is 23.0 Å². The summed E-state index contributed by atoms with van der Waals surface area (Å²) in [6.45, 7) is 5.23. The molecule has 0 aliphatic heterocycles. The lowest BCUT2D eigenvalue weighted by Gasteiger charge is -2.28. The predicted octanol–water partition coefficient (Wildman–Crippen LogP) is 2.45. The molecule has 0 saturated carbocycles. The Bertz CT molecular complexity index is 1140. The summed E-state index contributed by atoms with van der Waals surface area (Å²) in [7, 11) is 0. The molecule has 152 valence electrons. The van der Waals surface area contributed by atoms with Gasteiger partial charge in [-0.1, -0.05) is 51.1 Å². The minimum absolute atomic E-state index is 0.0369. The smallest absolute Gasteiger partial charge is 0.337 e. The molecule has 0 fully saturated rings. The first kappa shape index (κ1) is 20.3. The predicted molar refractivity (Wildman–Crippen MR) is 108 cm³/mol. The van der Waals surface area contributed by atoms with Crippen LogP contribution in [0.4, 0.5) is 9.18 Å². The number of primary amides is 1. The number of benzene rings is 2. The van der Waals surface area contributed by atoms with Crippen LogP contribution >= 0.6 is 0 Å². The van der Waals surface area contributed by atoms with Gasteiger partial charge in [-0.25, -0.2) is 18.5 Å². The minimum Gasteiger partial charge on any atom is -0.368 e. The summed E-state index contributed by atoms with van der Waals surface area (Å²) in [5.41, 5.74) is 5.31. The maximum absolute atomic E-state index is 14.1. The Hall–Kier alpha value is -3.42. The maximum atomic E-state index is 14.1. The largest absolute Gasteiger partial charge is 0.368 e. The minimum atomic E-state index is -0.976. The Kier molecular flexibility index (Phi) is 5.28. The zero-order valence-corrected chi connectivity index (χ0v) is 16.5. The Morgan fingerprint density at radius 3 is 2.24 bits per heavy atom. The van der Waals surface area contributed by atoms with E-state index in [0.29, 0.717) is 16.6 Å². The third kappa shape index (κ3) is 3.91. The molecule has 1 aromatic heterocycles. The maximum Gasteiger partial charge on any atom is 0.337 e. The van der Waals surface area contributed by atoms with E-state index in [0.717, 1.165) is 4.57 Å². The molecule has 0 spiro atoms. The van der Waals surface area contributed by atoms with Crippen molar-refractivity contribution in [2.45, 2.75) is 33.4 Å². The van der Waals surface area contributed by atoms with E-state index in [9.17, 15) is 18.8 Å². The number of imidazole rings is 1. The Labute approximate surface area is 166 Å². The molecule has 7 nitrogen and oxygen atoms in total. The second kappa shape index (κ2) is 7.54. The van der Waals surface area contributed by atoms with Crippen LogP contribution < -0.4 is 16.7 Å². The van der Waals surface area contributed by atoms with Crippen LogP contribution in [0.1, 0.15) is 26.3 Å². The zero-order valence-electron chi connectivity index (χ0n) is 16.5. The van der Waals surface area contributed by atoms with Gasteiger partial charge in [-0.15, -0.1) is 0 Å². The Balaban J connectivity index is 2.09. The average molecular weight is 398 g/mol. The number of nitrogens with zero attached hydrogens (tertiary/aromatic N) is 2. The van der Waals surface area contributed by atoms with Crippen molar-refractivity contribution in [2.24, 2.45) is 11.1 Å². The lowest BCUT2D eigenvalue weighted by Crippen LogP contribution is -2.54. The van der Waals surface area contributed by atoms with Gasteiger partial charge in [-0.05, 0) is 23.6 Å². The molecule has 0 bridgehead atoms. The number of para-hydroxylation sites is 2. The number of aromatic nitrogens is 2. The third-order valence-electron chi connectivity index (χ3n) is 4.74. The molecule has 0 unspecified atom stereocenters. The van der Waals surface area contributed by atoms with Crippen LogP contribution in [0.2, 0.25) is 0 Å². The number of rotatable bonds is 4. The number of hydrogen-bond acceptors (Lipinski definition) is 3. The van der Waals surface area contributed by atoms with Crippen LogP contribution in [-0.4, -0.2) is 27.1 Å². The van der Waals surface area contributed by atoms with E-state index in [-0.39, 0.29) is 6.54 Å². The van der Waals surface area contributed by atoms with Crippen LogP contribution in [0, 0.1) is 11.2 Å². The van der Waals surface area contributed by atoms with E-state index in [1.807, 2.05) is 0 Å². The van der Waals surface area contributed by atoms with Crippen LogP contribution in [0.5, 0.6) is 0 Å². The highest BCUT2D eigenvalue weighted by molar-refractivity contribution is 5.92. The van der Waals surface area contributed by atoms with E-state index in [4.69, 9.17) is 5.73 Å². The first-order chi connectivity index (χ1) is 13.6. The van der Waals surface area contributed by atoms with Gasteiger partial charge in [0, 0.05) is 5.56 Å². The van der Waals surface area contributed by atoms with Crippen molar-refractivity contribution in [3.05, 3.63) is 70.4 Å². The standard InChI is InChI=1S/C21H23FN4O3/c1-21(2,3)17(18(23)27)24-19(28)26-16-11-7-6-10-15(16)25(20(26)29)12-13-8-4-5-9-14(13)22/h4-11,17H,12H2,1-3H3,(H2,23,27)(H,24,28)/t17-/m1/s1. The summed E-state index contributed by atoms with van der Waals surface area (Å²) < 4.78 is 16.4. The number of nitrogens with one attached hydrogen (secondary N) is 1. The van der Waals surface area contributed by atoms with Gasteiger partial charge >= 0.3 is 11.7 Å². The fourth-order valence-corrected chi connectivity index (χ4v) is 3.26. The van der Waals surface area contributed by atoms with Crippen LogP contribution in [0.15, 0.2) is 53.3 Å². The van der Waals surface area contributed by atoms with E-state index in [2.05, 4.69) is 5.32 Å². The molecule has 2 aromatic carbocycles. The summed E-state index contributed by atoms with van der Waals surface area (Å²) >= 11 is 0. The van der Waals surface area contributed by atoms with Crippen molar-refractivity contribution in [1.82, 2.24) is 14.5 Å². The quantitative estimate of drug-likeness (QED) is 0.706. The van der Waals surface area contributed by atoms with Gasteiger partial charge in [0.15, 0.2) is 0 Å². The molecule has 3 aromatic rings. The van der Waals surface area contributed by atoms with Crippen molar-refractivity contribution in [1.29, 1.82) is 0 Å². The van der Waals surface area contributed by atoms with Gasteiger partial charge in [0.2, 0.25) is 5.91 Å². The first-order valence-electron chi connectivity index (χ1n) is 9.15. The van der Waals surface area contributed by atoms with Gasteiger partial charge in [0.25, 0.3) is 0 Å². The molecule has 1 heterocycles. The number of fused-ring (bicyclic) bond motifs is 1.